The lowest BCUT2D eigenvalue weighted by Gasteiger charge is -2.32. The summed E-state index contributed by atoms with van der Waals surface area (Å²) in [5.41, 5.74) is 2.13. The van der Waals surface area contributed by atoms with Crippen molar-refractivity contribution in [1.29, 1.82) is 0 Å². The summed E-state index contributed by atoms with van der Waals surface area (Å²) in [5.74, 6) is 1.36. The van der Waals surface area contributed by atoms with Crippen molar-refractivity contribution in [2.75, 3.05) is 57.8 Å². The number of piperazine rings is 1. The highest BCUT2D eigenvalue weighted by atomic mass is 19.1. The van der Waals surface area contributed by atoms with Gasteiger partial charge in [0, 0.05) is 63.6 Å². The van der Waals surface area contributed by atoms with Gasteiger partial charge in [-0.2, -0.15) is 0 Å². The highest BCUT2D eigenvalue weighted by Crippen LogP contribution is 2.26. The van der Waals surface area contributed by atoms with Crippen LogP contribution in [0.3, 0.4) is 0 Å². The van der Waals surface area contributed by atoms with E-state index >= 15 is 0 Å². The molecule has 3 aromatic rings. The number of pyridine rings is 1. The second-order valence-electron chi connectivity index (χ2n) is 10.4. The van der Waals surface area contributed by atoms with Gasteiger partial charge in [0.25, 0.3) is 5.91 Å². The minimum absolute atomic E-state index is 0.0831. The van der Waals surface area contributed by atoms with Crippen molar-refractivity contribution in [2.45, 2.75) is 25.9 Å². The third-order valence-electron chi connectivity index (χ3n) is 7.60. The van der Waals surface area contributed by atoms with Crippen LogP contribution in [0.25, 0.3) is 11.1 Å². The van der Waals surface area contributed by atoms with Crippen molar-refractivity contribution in [3.05, 3.63) is 65.9 Å². The summed E-state index contributed by atoms with van der Waals surface area (Å²) in [6, 6.07) is 12.0. The largest absolute Gasteiger partial charge is 0.441 e. The molecule has 4 heterocycles. The van der Waals surface area contributed by atoms with Crippen LogP contribution in [-0.4, -0.2) is 84.8 Å². The number of likely N-dealkylation sites (N-methyl/N-ethyl adjacent to an activating group) is 1. The highest BCUT2D eigenvalue weighted by molar-refractivity contribution is 5.92. The van der Waals surface area contributed by atoms with E-state index in [2.05, 4.69) is 25.3 Å². The Morgan fingerprint density at radius 1 is 1.02 bits per heavy atom. The van der Waals surface area contributed by atoms with Gasteiger partial charge >= 0.3 is 6.09 Å². The molecular formula is C29H35FN6O4. The highest BCUT2D eigenvalue weighted by Gasteiger charge is 2.24. The van der Waals surface area contributed by atoms with Gasteiger partial charge in [0.1, 0.15) is 11.6 Å². The summed E-state index contributed by atoms with van der Waals surface area (Å²) >= 11 is 0. The SMILES string of the molecule is CN1CCN(C(=O)c2cc(COC(=O)NCCC3CCN(c4ccc(-c5ccc(F)cc5)cn4)CC3)on2)CC1. The quantitative estimate of drug-likeness (QED) is 0.452. The number of ether oxygens (including phenoxy) is 1. The maximum absolute atomic E-state index is 13.2. The molecule has 0 saturated carbocycles. The van der Waals surface area contributed by atoms with Gasteiger partial charge in [0.2, 0.25) is 0 Å². The lowest BCUT2D eigenvalue weighted by Crippen LogP contribution is -2.47. The van der Waals surface area contributed by atoms with Gasteiger partial charge in [-0.05, 0) is 62.1 Å². The van der Waals surface area contributed by atoms with Gasteiger partial charge in [0.15, 0.2) is 18.1 Å². The van der Waals surface area contributed by atoms with E-state index < -0.39 is 6.09 Å². The Labute approximate surface area is 233 Å². The first-order valence-corrected chi connectivity index (χ1v) is 13.8. The second kappa shape index (κ2) is 12.9. The number of aromatic nitrogens is 2. The number of halogens is 1. The number of amides is 2. The molecular weight excluding hydrogens is 515 g/mol. The Morgan fingerprint density at radius 3 is 2.45 bits per heavy atom. The molecule has 0 bridgehead atoms. The average molecular weight is 551 g/mol. The summed E-state index contributed by atoms with van der Waals surface area (Å²) in [7, 11) is 2.03. The zero-order valence-corrected chi connectivity index (χ0v) is 22.7. The molecule has 10 nitrogen and oxygen atoms in total. The van der Waals surface area contributed by atoms with Crippen molar-refractivity contribution in [3.8, 4) is 11.1 Å². The lowest BCUT2D eigenvalue weighted by molar-refractivity contribution is 0.0653. The fourth-order valence-corrected chi connectivity index (χ4v) is 5.06. The molecule has 2 aliphatic rings. The zero-order chi connectivity index (χ0) is 27.9. The van der Waals surface area contributed by atoms with E-state index in [1.165, 1.54) is 18.2 Å². The molecule has 1 aromatic carbocycles. The van der Waals surface area contributed by atoms with Crippen LogP contribution in [0.4, 0.5) is 15.0 Å². The monoisotopic (exact) mass is 550 g/mol. The van der Waals surface area contributed by atoms with E-state index in [-0.39, 0.29) is 24.0 Å². The van der Waals surface area contributed by atoms with Crippen molar-refractivity contribution >= 4 is 17.8 Å². The summed E-state index contributed by atoms with van der Waals surface area (Å²) < 4.78 is 23.6. The lowest BCUT2D eigenvalue weighted by atomic mass is 9.93. The number of nitrogens with zero attached hydrogens (tertiary/aromatic N) is 5. The maximum Gasteiger partial charge on any atom is 0.407 e. The molecule has 0 spiro atoms. The van der Waals surface area contributed by atoms with Crippen LogP contribution in [-0.2, 0) is 11.3 Å². The number of alkyl carbamates (subject to hydrolysis) is 1. The molecule has 2 amide bonds. The molecule has 0 atom stereocenters. The Hall–Kier alpha value is -3.99. The number of anilines is 1. The zero-order valence-electron chi connectivity index (χ0n) is 22.7. The van der Waals surface area contributed by atoms with E-state index in [4.69, 9.17) is 9.26 Å². The molecule has 0 aliphatic carbocycles. The molecule has 40 heavy (non-hydrogen) atoms. The Balaban J connectivity index is 0.980. The molecule has 5 rings (SSSR count). The third-order valence-corrected chi connectivity index (χ3v) is 7.60. The number of hydrogen-bond donors (Lipinski definition) is 1. The Kier molecular flexibility index (Phi) is 8.90. The van der Waals surface area contributed by atoms with Crippen LogP contribution in [0.2, 0.25) is 0 Å². The third kappa shape index (κ3) is 7.15. The van der Waals surface area contributed by atoms with Crippen LogP contribution in [0.1, 0.15) is 35.5 Å². The van der Waals surface area contributed by atoms with Crippen molar-refractivity contribution < 1.29 is 23.2 Å². The van der Waals surface area contributed by atoms with Crippen molar-refractivity contribution in [2.24, 2.45) is 5.92 Å². The average Bonchev–Trinajstić information content (AvgIpc) is 3.46. The molecule has 11 heteroatoms. The van der Waals surface area contributed by atoms with Gasteiger partial charge < -0.3 is 29.3 Å². The molecule has 212 valence electrons. The minimum atomic E-state index is -0.522. The van der Waals surface area contributed by atoms with Crippen LogP contribution in [0.5, 0.6) is 0 Å². The van der Waals surface area contributed by atoms with Gasteiger partial charge in [-0.15, -0.1) is 0 Å². The molecule has 1 N–H and O–H groups in total. The standard InChI is InChI=1S/C29H35FN6O4/c1-34-14-16-36(17-15-34)28(37)26-18-25(40-33-26)20-39-29(38)31-11-8-21-9-12-35(13-10-21)27-7-4-23(19-32-27)22-2-5-24(30)6-3-22/h2-7,18-19,21H,8-17,20H2,1H3,(H,31,38). The van der Waals surface area contributed by atoms with Gasteiger partial charge in [-0.3, -0.25) is 4.79 Å². The molecule has 2 saturated heterocycles. The summed E-state index contributed by atoms with van der Waals surface area (Å²) in [6.07, 6.45) is 4.20. The van der Waals surface area contributed by atoms with Gasteiger partial charge in [-0.1, -0.05) is 17.3 Å². The minimum Gasteiger partial charge on any atom is -0.441 e. The van der Waals surface area contributed by atoms with Crippen LogP contribution in [0, 0.1) is 11.7 Å². The molecule has 0 unspecified atom stereocenters. The summed E-state index contributed by atoms with van der Waals surface area (Å²) in [6.45, 7) is 5.19. The van der Waals surface area contributed by atoms with Crippen LogP contribution >= 0.6 is 0 Å². The predicted octanol–water partition coefficient (Wildman–Crippen LogP) is 3.80. The fraction of sp³-hybridized carbons (Fsp3) is 0.448. The van der Waals surface area contributed by atoms with Crippen molar-refractivity contribution in [3.63, 3.8) is 0 Å². The van der Waals surface area contributed by atoms with Crippen molar-refractivity contribution in [1.82, 2.24) is 25.3 Å². The number of nitrogens with one attached hydrogen (secondary N) is 1. The second-order valence-corrected chi connectivity index (χ2v) is 10.4. The number of carbonyl (C=O) groups is 2. The van der Waals surface area contributed by atoms with E-state index in [9.17, 15) is 14.0 Å². The van der Waals surface area contributed by atoms with Crippen LogP contribution in [0.15, 0.2) is 53.2 Å². The first kappa shape index (κ1) is 27.6. The number of hydrogen-bond acceptors (Lipinski definition) is 8. The fourth-order valence-electron chi connectivity index (χ4n) is 5.06. The molecule has 0 radical (unpaired) electrons. The van der Waals surface area contributed by atoms with E-state index in [0.29, 0.717) is 31.3 Å². The molecule has 2 aromatic heterocycles. The topological polar surface area (TPSA) is 104 Å². The van der Waals surface area contributed by atoms with E-state index in [1.807, 2.05) is 25.4 Å². The van der Waals surface area contributed by atoms with Gasteiger partial charge in [-0.25, -0.2) is 14.2 Å². The smallest absolute Gasteiger partial charge is 0.407 e. The first-order chi connectivity index (χ1) is 19.4. The number of carbonyl (C=O) groups excluding carboxylic acids is 2. The number of rotatable bonds is 8. The molecule has 2 aliphatic heterocycles. The predicted molar refractivity (Wildman–Crippen MR) is 147 cm³/mol. The first-order valence-electron chi connectivity index (χ1n) is 13.8. The molecule has 2 fully saturated rings. The van der Waals surface area contributed by atoms with Gasteiger partial charge in [0.05, 0.1) is 0 Å². The normalized spacial score (nSPS) is 16.6. The number of piperidine rings is 1. The summed E-state index contributed by atoms with van der Waals surface area (Å²) in [4.78, 5) is 35.5. The Morgan fingerprint density at radius 2 is 1.75 bits per heavy atom. The number of benzene rings is 1. The maximum atomic E-state index is 13.2. The van der Waals surface area contributed by atoms with Crippen LogP contribution < -0.4 is 10.2 Å². The summed E-state index contributed by atoms with van der Waals surface area (Å²) in [5, 5.41) is 6.65. The van der Waals surface area contributed by atoms with E-state index in [0.717, 1.165) is 62.4 Å². The Bertz CT molecular complexity index is 1270. The van der Waals surface area contributed by atoms with E-state index in [1.54, 1.807) is 17.0 Å².